The van der Waals surface area contributed by atoms with E-state index in [-0.39, 0.29) is 114 Å². The van der Waals surface area contributed by atoms with Crippen molar-refractivity contribution in [1.82, 2.24) is 29.9 Å². The number of rotatable bonds is 11. The Hall–Kier alpha value is -4.14. The molecule has 4 saturated heterocycles. The second-order valence-corrected chi connectivity index (χ2v) is 26.6. The van der Waals surface area contributed by atoms with E-state index in [0.717, 1.165) is 74.9 Å². The SMILES string of the molecule is Cc1cc(NC(=O)c2ncc(Br)cc2N2CCC3(CC2)CC3)nc(N2CCC(F)(F)CC2)n1.Cc1cc(NC(=O)c2ncc(S(=O)(=O)C3CC3)cc2N2CCC3(CC2)CC3)nc(N2CCC(F)(F)CC2)n1.O=S([O-])C1CC1.[Na+]. The minimum atomic E-state index is -3.47. The van der Waals surface area contributed by atoms with Crippen molar-refractivity contribution >= 4 is 83.6 Å². The number of pyridine rings is 2. The van der Waals surface area contributed by atoms with Crippen LogP contribution in [-0.4, -0.2) is 134 Å². The summed E-state index contributed by atoms with van der Waals surface area (Å²) in [6.07, 6.45) is 14.4. The number of nitrogens with zero attached hydrogens (tertiary/aromatic N) is 10. The number of amides is 2. The molecule has 4 saturated carbocycles. The molecule has 2 amide bonds. The summed E-state index contributed by atoms with van der Waals surface area (Å²) < 4.78 is 101. The predicted octanol–water partition coefficient (Wildman–Crippen LogP) is 5.83. The van der Waals surface area contributed by atoms with Gasteiger partial charge in [0, 0.05) is 124 Å². The van der Waals surface area contributed by atoms with E-state index in [9.17, 15) is 44.3 Å². The maximum Gasteiger partial charge on any atom is 1.00 e. The van der Waals surface area contributed by atoms with Gasteiger partial charge in [-0.25, -0.2) is 45.9 Å². The quantitative estimate of drug-likeness (QED) is 0.102. The van der Waals surface area contributed by atoms with Crippen molar-refractivity contribution in [2.24, 2.45) is 10.8 Å². The Morgan fingerprint density at radius 2 is 1.00 bits per heavy atom. The number of nitrogens with one attached hydrogen (secondary N) is 2. The van der Waals surface area contributed by atoms with Gasteiger partial charge in [-0.3, -0.25) is 13.8 Å². The van der Waals surface area contributed by atoms with Crippen molar-refractivity contribution in [3.05, 3.63) is 63.9 Å². The fourth-order valence-corrected chi connectivity index (χ4v) is 12.9. The first-order chi connectivity index (χ1) is 36.6. The molecule has 1 atom stereocenters. The van der Waals surface area contributed by atoms with Crippen molar-refractivity contribution < 1.29 is 73.9 Å². The van der Waals surface area contributed by atoms with Crippen LogP contribution in [0.5, 0.6) is 0 Å². The standard InChI is InChI=1S/C26H32F2N6O3S.C23H27BrF2N6O.C3H6O2S.Na/c1-17-14-21(32-24(30-17)34-12-8-26(27,28)9-13-34)31-23(35)22-20(33-10-6-25(4-5-25)7-11-33)15-19(16-29-22)38(36,37)18-2-3-18;1-15-12-18(30-21(28-15)32-10-6-23(25,26)7-11-32)29-20(33)19-17(13-16(24)14-27-19)31-8-4-22(2-3-22)5-9-31;4-6(5)3-1-2-3;/h14-16,18H,2-13H2,1H3,(H,30,31,32,35);12-14H,2-11H2,1H3,(H,28,29,30,33);3H,1-2H2,(H,4,5);/q;;;+1/p-1. The topological polar surface area (TPSA) is 223 Å². The van der Waals surface area contributed by atoms with Crippen LogP contribution in [0.25, 0.3) is 0 Å². The fraction of sp³-hybridized carbons (Fsp3) is 0.615. The maximum atomic E-state index is 13.6. The first-order valence-electron chi connectivity index (χ1n) is 26.6. The Kier molecular flexibility index (Phi) is 17.5. The molecule has 78 heavy (non-hydrogen) atoms. The maximum absolute atomic E-state index is 13.6. The third-order valence-corrected chi connectivity index (χ3v) is 19.8. The van der Waals surface area contributed by atoms with Crippen molar-refractivity contribution in [1.29, 1.82) is 0 Å². The summed E-state index contributed by atoms with van der Waals surface area (Å²) in [5, 5.41) is 5.29. The minimum Gasteiger partial charge on any atom is -0.772 e. The molecule has 12 rings (SSSR count). The molecule has 0 radical (unpaired) electrons. The first kappa shape index (κ1) is 58.5. The van der Waals surface area contributed by atoms with Crippen molar-refractivity contribution in [2.75, 3.05) is 82.6 Å². The summed E-state index contributed by atoms with van der Waals surface area (Å²) in [5.41, 5.74) is 4.01. The van der Waals surface area contributed by atoms with E-state index < -0.39 is 38.7 Å². The van der Waals surface area contributed by atoms with E-state index in [4.69, 9.17) is 0 Å². The summed E-state index contributed by atoms with van der Waals surface area (Å²) in [5.74, 6) is -4.95. The molecular weight excluding hydrogens is 1130 g/mol. The zero-order valence-corrected chi connectivity index (χ0v) is 49.4. The van der Waals surface area contributed by atoms with Crippen LogP contribution in [0.1, 0.15) is 135 Å². The van der Waals surface area contributed by atoms with Gasteiger partial charge in [-0.1, -0.05) is 11.1 Å². The summed E-state index contributed by atoms with van der Waals surface area (Å²) in [7, 11) is -3.47. The molecule has 1 unspecified atom stereocenters. The first-order valence-corrected chi connectivity index (χ1v) is 30.1. The summed E-state index contributed by atoms with van der Waals surface area (Å²) in [4.78, 5) is 61.0. The van der Waals surface area contributed by atoms with Crippen LogP contribution < -0.4 is 59.8 Å². The number of halogens is 5. The summed E-state index contributed by atoms with van der Waals surface area (Å²) in [6, 6.07) is 6.84. The monoisotopic (exact) mass is 1190 g/mol. The Balaban J connectivity index is 0.000000170. The van der Waals surface area contributed by atoms with Crippen LogP contribution in [0.3, 0.4) is 0 Å². The van der Waals surface area contributed by atoms with E-state index in [0.29, 0.717) is 64.2 Å². The third-order valence-electron chi connectivity index (χ3n) is 16.2. The molecule has 18 nitrogen and oxygen atoms in total. The van der Waals surface area contributed by atoms with Gasteiger partial charge < -0.3 is 34.8 Å². The Morgan fingerprint density at radius 3 is 1.37 bits per heavy atom. The molecular formula is C52H64BrF4N12NaO6S2. The average molecular weight is 1200 g/mol. The molecule has 2 spiro atoms. The molecule has 8 heterocycles. The molecule has 0 aromatic carbocycles. The number of carbonyl (C=O) groups is 2. The zero-order chi connectivity index (χ0) is 54.5. The number of alkyl halides is 4. The number of sulfone groups is 1. The molecule has 416 valence electrons. The zero-order valence-electron chi connectivity index (χ0n) is 44.2. The fourth-order valence-electron chi connectivity index (χ4n) is 10.4. The van der Waals surface area contributed by atoms with Gasteiger partial charge in [-0.05, 0) is 130 Å². The van der Waals surface area contributed by atoms with E-state index in [1.165, 1.54) is 31.9 Å². The van der Waals surface area contributed by atoms with Gasteiger partial charge in [0.25, 0.3) is 23.7 Å². The average Bonchev–Trinajstić information content (AvgIpc) is 4.19. The molecule has 4 aromatic heterocycles. The number of hydrogen-bond donors (Lipinski definition) is 2. The van der Waals surface area contributed by atoms with Gasteiger partial charge in [0.15, 0.2) is 21.2 Å². The largest absolute Gasteiger partial charge is 1.00 e. The predicted molar refractivity (Wildman–Crippen MR) is 287 cm³/mol. The number of anilines is 6. The summed E-state index contributed by atoms with van der Waals surface area (Å²) in [6.45, 7) is 7.47. The van der Waals surface area contributed by atoms with Crippen LogP contribution >= 0.6 is 15.9 Å². The van der Waals surface area contributed by atoms with Crippen molar-refractivity contribution in [2.45, 2.75) is 144 Å². The van der Waals surface area contributed by atoms with Crippen LogP contribution in [0.2, 0.25) is 0 Å². The number of aromatic nitrogens is 6. The van der Waals surface area contributed by atoms with Crippen molar-refractivity contribution in [3.63, 3.8) is 0 Å². The third kappa shape index (κ3) is 14.5. The molecule has 8 aliphatic rings. The molecule has 4 aromatic rings. The molecule has 2 N–H and O–H groups in total. The van der Waals surface area contributed by atoms with Gasteiger partial charge in [0.05, 0.1) is 21.5 Å². The number of aryl methyl sites for hydroxylation is 2. The van der Waals surface area contributed by atoms with E-state index in [1.807, 2.05) is 6.07 Å². The number of carbonyl (C=O) groups excluding carboxylic acids is 2. The van der Waals surface area contributed by atoms with Crippen molar-refractivity contribution in [3.8, 4) is 0 Å². The molecule has 0 bridgehead atoms. The van der Waals surface area contributed by atoms with Gasteiger partial charge in [-0.15, -0.1) is 0 Å². The second-order valence-electron chi connectivity index (χ2n) is 22.2. The van der Waals surface area contributed by atoms with Crippen LogP contribution in [0.15, 0.2) is 46.0 Å². The molecule has 4 aliphatic carbocycles. The number of hydrogen-bond acceptors (Lipinski definition) is 16. The van der Waals surface area contributed by atoms with Gasteiger partial charge in [0.1, 0.15) is 11.6 Å². The van der Waals surface area contributed by atoms with Gasteiger partial charge >= 0.3 is 29.6 Å². The Labute approximate surface area is 485 Å². The molecule has 8 fully saturated rings. The van der Waals surface area contributed by atoms with Crippen LogP contribution in [-0.2, 0) is 20.9 Å². The van der Waals surface area contributed by atoms with Crippen LogP contribution in [0.4, 0.5) is 52.5 Å². The molecule has 26 heteroatoms. The van der Waals surface area contributed by atoms with Gasteiger partial charge in [0.2, 0.25) is 11.9 Å². The smallest absolute Gasteiger partial charge is 0.772 e. The van der Waals surface area contributed by atoms with E-state index in [1.54, 1.807) is 48.0 Å². The van der Waals surface area contributed by atoms with Crippen LogP contribution in [0, 0.1) is 24.7 Å². The van der Waals surface area contributed by atoms with E-state index in [2.05, 4.69) is 66.3 Å². The minimum absolute atomic E-state index is 0. The Morgan fingerprint density at radius 1 is 0.603 bits per heavy atom. The molecule has 4 aliphatic heterocycles. The summed E-state index contributed by atoms with van der Waals surface area (Å²) >= 11 is 1.73. The number of piperidine rings is 4. The van der Waals surface area contributed by atoms with Gasteiger partial charge in [-0.2, -0.15) is 9.97 Å². The Bertz CT molecular complexity index is 3010. The second kappa shape index (κ2) is 23.4. The normalized spacial score (nSPS) is 21.9. The van der Waals surface area contributed by atoms with E-state index >= 15 is 0 Å².